The number of nitrogens with zero attached hydrogens (tertiary/aromatic N) is 1. The lowest BCUT2D eigenvalue weighted by atomic mass is 9.95. The maximum atomic E-state index is 6.18. The SMILES string of the molecule is CC(C)C[C@@H](c1cc(Cl)ccc1Br)N1CCNCC1. The van der Waals surface area contributed by atoms with Crippen molar-refractivity contribution in [2.75, 3.05) is 26.2 Å². The lowest BCUT2D eigenvalue weighted by Gasteiger charge is -2.36. The summed E-state index contributed by atoms with van der Waals surface area (Å²) in [4.78, 5) is 2.58. The molecule has 1 N–H and O–H groups in total. The van der Waals surface area contributed by atoms with E-state index in [1.807, 2.05) is 6.07 Å². The van der Waals surface area contributed by atoms with Crippen molar-refractivity contribution in [3.63, 3.8) is 0 Å². The van der Waals surface area contributed by atoms with Crippen LogP contribution in [0.25, 0.3) is 0 Å². The van der Waals surface area contributed by atoms with E-state index in [0.29, 0.717) is 12.0 Å². The largest absolute Gasteiger partial charge is 0.314 e. The maximum Gasteiger partial charge on any atom is 0.0410 e. The fourth-order valence-corrected chi connectivity index (χ4v) is 3.37. The van der Waals surface area contributed by atoms with E-state index in [9.17, 15) is 0 Å². The molecule has 2 rings (SSSR count). The molecule has 2 nitrogen and oxygen atoms in total. The molecule has 1 aromatic rings. The fourth-order valence-electron chi connectivity index (χ4n) is 2.68. The van der Waals surface area contributed by atoms with E-state index in [-0.39, 0.29) is 0 Å². The van der Waals surface area contributed by atoms with Gasteiger partial charge in [0.1, 0.15) is 0 Å². The number of halogens is 2. The maximum absolute atomic E-state index is 6.18. The number of benzene rings is 1. The van der Waals surface area contributed by atoms with Crippen LogP contribution in [0, 0.1) is 5.92 Å². The van der Waals surface area contributed by atoms with Crippen molar-refractivity contribution in [1.29, 1.82) is 0 Å². The minimum Gasteiger partial charge on any atom is -0.314 e. The van der Waals surface area contributed by atoms with Crippen LogP contribution >= 0.6 is 27.5 Å². The second kappa shape index (κ2) is 7.07. The summed E-state index contributed by atoms with van der Waals surface area (Å²) in [6.07, 6.45) is 1.17. The summed E-state index contributed by atoms with van der Waals surface area (Å²) in [6.45, 7) is 8.94. The average Bonchev–Trinajstić information content (AvgIpc) is 2.40. The minimum atomic E-state index is 0.454. The van der Waals surface area contributed by atoms with Crippen LogP contribution in [-0.2, 0) is 0 Å². The van der Waals surface area contributed by atoms with Crippen LogP contribution in [-0.4, -0.2) is 31.1 Å². The van der Waals surface area contributed by atoms with Gasteiger partial charge in [0, 0.05) is 41.7 Å². The zero-order chi connectivity index (χ0) is 13.8. The Labute approximate surface area is 129 Å². The molecule has 0 spiro atoms. The van der Waals surface area contributed by atoms with Crippen molar-refractivity contribution >= 4 is 27.5 Å². The Balaban J connectivity index is 2.27. The molecule has 1 aliphatic rings. The van der Waals surface area contributed by atoms with Gasteiger partial charge < -0.3 is 5.32 Å². The van der Waals surface area contributed by atoms with Crippen molar-refractivity contribution < 1.29 is 0 Å². The number of piperazine rings is 1. The first-order chi connectivity index (χ1) is 9.08. The van der Waals surface area contributed by atoms with Gasteiger partial charge in [-0.3, -0.25) is 4.90 Å². The number of nitrogens with one attached hydrogen (secondary N) is 1. The van der Waals surface area contributed by atoms with Gasteiger partial charge in [0.25, 0.3) is 0 Å². The zero-order valence-electron chi connectivity index (χ0n) is 11.6. The van der Waals surface area contributed by atoms with Crippen LogP contribution < -0.4 is 5.32 Å². The van der Waals surface area contributed by atoms with E-state index in [2.05, 4.69) is 52.1 Å². The number of hydrogen-bond donors (Lipinski definition) is 1. The topological polar surface area (TPSA) is 15.3 Å². The minimum absolute atomic E-state index is 0.454. The Bertz CT molecular complexity index is 417. The highest BCUT2D eigenvalue weighted by Crippen LogP contribution is 2.34. The molecule has 0 aromatic heterocycles. The van der Waals surface area contributed by atoms with Crippen LogP contribution in [0.2, 0.25) is 5.02 Å². The van der Waals surface area contributed by atoms with E-state index < -0.39 is 0 Å². The second-order valence-electron chi connectivity index (χ2n) is 5.60. The Hall–Kier alpha value is -0.0900. The van der Waals surface area contributed by atoms with E-state index >= 15 is 0 Å². The van der Waals surface area contributed by atoms with Gasteiger partial charge in [-0.25, -0.2) is 0 Å². The van der Waals surface area contributed by atoms with Gasteiger partial charge >= 0.3 is 0 Å². The summed E-state index contributed by atoms with van der Waals surface area (Å²) in [5.41, 5.74) is 1.32. The van der Waals surface area contributed by atoms with Crippen LogP contribution in [0.3, 0.4) is 0 Å². The highest BCUT2D eigenvalue weighted by atomic mass is 79.9. The fraction of sp³-hybridized carbons (Fsp3) is 0.600. The van der Waals surface area contributed by atoms with Crippen LogP contribution in [0.4, 0.5) is 0 Å². The van der Waals surface area contributed by atoms with E-state index in [4.69, 9.17) is 11.6 Å². The van der Waals surface area contributed by atoms with E-state index in [1.54, 1.807) is 0 Å². The van der Waals surface area contributed by atoms with Gasteiger partial charge in [0.2, 0.25) is 0 Å². The van der Waals surface area contributed by atoms with Crippen molar-refractivity contribution in [3.8, 4) is 0 Å². The van der Waals surface area contributed by atoms with Crippen molar-refractivity contribution in [2.45, 2.75) is 26.3 Å². The van der Waals surface area contributed by atoms with Gasteiger partial charge in [0.15, 0.2) is 0 Å². The molecule has 1 fully saturated rings. The molecule has 0 unspecified atom stereocenters. The third-order valence-corrected chi connectivity index (χ3v) is 4.56. The highest BCUT2D eigenvalue weighted by Gasteiger charge is 2.24. The molecule has 106 valence electrons. The summed E-state index contributed by atoms with van der Waals surface area (Å²) in [6, 6.07) is 6.57. The molecular weight excluding hydrogens is 324 g/mol. The number of rotatable bonds is 4. The van der Waals surface area contributed by atoms with Crippen molar-refractivity contribution in [1.82, 2.24) is 10.2 Å². The molecule has 1 aliphatic heterocycles. The quantitative estimate of drug-likeness (QED) is 0.884. The molecular formula is C15H22BrClN2. The van der Waals surface area contributed by atoms with Gasteiger partial charge in [-0.1, -0.05) is 41.4 Å². The Morgan fingerprint density at radius 2 is 2.00 bits per heavy atom. The smallest absolute Gasteiger partial charge is 0.0410 e. The third kappa shape index (κ3) is 4.19. The van der Waals surface area contributed by atoms with Gasteiger partial charge in [-0.2, -0.15) is 0 Å². The summed E-state index contributed by atoms with van der Waals surface area (Å²) in [5.74, 6) is 0.672. The second-order valence-corrected chi connectivity index (χ2v) is 6.89. The molecule has 1 saturated heterocycles. The highest BCUT2D eigenvalue weighted by molar-refractivity contribution is 9.10. The Morgan fingerprint density at radius 3 is 2.63 bits per heavy atom. The Kier molecular flexibility index (Phi) is 5.70. The monoisotopic (exact) mass is 344 g/mol. The number of hydrogen-bond acceptors (Lipinski definition) is 2. The van der Waals surface area contributed by atoms with Crippen LogP contribution in [0.1, 0.15) is 31.9 Å². The van der Waals surface area contributed by atoms with Crippen molar-refractivity contribution in [3.05, 3.63) is 33.3 Å². The van der Waals surface area contributed by atoms with Crippen LogP contribution in [0.5, 0.6) is 0 Å². The first-order valence-corrected chi connectivity index (χ1v) is 8.14. The summed E-state index contributed by atoms with van der Waals surface area (Å²) < 4.78 is 1.17. The van der Waals surface area contributed by atoms with E-state index in [0.717, 1.165) is 31.2 Å². The molecule has 1 atom stereocenters. The normalized spacial score (nSPS) is 18.8. The summed E-state index contributed by atoms with van der Waals surface area (Å²) >= 11 is 9.87. The van der Waals surface area contributed by atoms with Gasteiger partial charge in [0.05, 0.1) is 0 Å². The van der Waals surface area contributed by atoms with Gasteiger partial charge in [-0.05, 0) is 36.1 Å². The molecule has 19 heavy (non-hydrogen) atoms. The van der Waals surface area contributed by atoms with E-state index in [1.165, 1.54) is 16.5 Å². The molecule has 0 bridgehead atoms. The van der Waals surface area contributed by atoms with Crippen LogP contribution in [0.15, 0.2) is 22.7 Å². The predicted octanol–water partition coefficient (Wildman–Crippen LogP) is 4.09. The van der Waals surface area contributed by atoms with Crippen molar-refractivity contribution in [2.24, 2.45) is 5.92 Å². The first-order valence-electron chi connectivity index (χ1n) is 6.97. The predicted molar refractivity (Wildman–Crippen MR) is 85.8 cm³/mol. The third-order valence-electron chi connectivity index (χ3n) is 3.60. The standard InChI is InChI=1S/C15H22BrClN2/c1-11(2)9-15(19-7-5-18-6-8-19)13-10-12(17)3-4-14(13)16/h3-4,10-11,15,18H,5-9H2,1-2H3/t15-/m0/s1. The first kappa shape index (κ1) is 15.3. The molecule has 1 heterocycles. The summed E-state index contributed by atoms with van der Waals surface area (Å²) in [5, 5.41) is 4.24. The molecule has 1 aromatic carbocycles. The summed E-state index contributed by atoms with van der Waals surface area (Å²) in [7, 11) is 0. The molecule has 0 aliphatic carbocycles. The molecule has 4 heteroatoms. The lowest BCUT2D eigenvalue weighted by molar-refractivity contribution is 0.153. The molecule has 0 radical (unpaired) electrons. The molecule has 0 amide bonds. The molecule has 0 saturated carbocycles. The average molecular weight is 346 g/mol. The zero-order valence-corrected chi connectivity index (χ0v) is 14.0. The Morgan fingerprint density at radius 1 is 1.32 bits per heavy atom. The lowest BCUT2D eigenvalue weighted by Crippen LogP contribution is -2.45. The van der Waals surface area contributed by atoms with Gasteiger partial charge in [-0.15, -0.1) is 0 Å².